The van der Waals surface area contributed by atoms with Crippen molar-refractivity contribution in [3.63, 3.8) is 0 Å². The number of carbonyl (C=O) groups is 1. The predicted octanol–water partition coefficient (Wildman–Crippen LogP) is 3.40. The van der Waals surface area contributed by atoms with E-state index in [1.807, 2.05) is 0 Å². The van der Waals surface area contributed by atoms with Crippen molar-refractivity contribution < 1.29 is 23.2 Å². The molecule has 0 radical (unpaired) electrons. The first-order valence-corrected chi connectivity index (χ1v) is 11.3. The first kappa shape index (κ1) is 23.4. The molecule has 1 heterocycles. The second kappa shape index (κ2) is 9.07. The average Bonchev–Trinajstić information content (AvgIpc) is 3.25. The number of ketones is 1. The lowest BCUT2D eigenvalue weighted by Crippen LogP contribution is -2.30. The van der Waals surface area contributed by atoms with Gasteiger partial charge in [-0.3, -0.25) is 14.9 Å². The molecule has 3 aromatic rings. The fourth-order valence-corrected chi connectivity index (χ4v) is 4.78. The fraction of sp³-hybridized carbons (Fsp3) is 0.200. The van der Waals surface area contributed by atoms with Gasteiger partial charge in [-0.2, -0.15) is 9.40 Å². The number of phenolic OH excluding ortho intramolecular Hbond substituents is 1. The third-order valence-electron chi connectivity index (χ3n) is 4.78. The second-order valence-corrected chi connectivity index (χ2v) is 9.04. The van der Waals surface area contributed by atoms with Gasteiger partial charge >= 0.3 is 0 Å². The molecule has 12 heteroatoms. The monoisotopic (exact) mass is 478 g/mol. The summed E-state index contributed by atoms with van der Waals surface area (Å²) < 4.78 is 27.7. The zero-order valence-corrected chi connectivity index (χ0v) is 18.7. The molecule has 0 aliphatic rings. The number of nitro benzene ring substituents is 1. The standard InChI is InChI=1S/C20H19ClN4O6S/c1-3-23(4-2)32(30,31)15-6-7-17(18(10-15)25(28)29)24-12-13(11-22-24)20(27)16-9-14(21)5-8-19(16)26/h5-12,26H,3-4H2,1-2H3. The number of sulfonamides is 1. The first-order chi connectivity index (χ1) is 15.1. The van der Waals surface area contributed by atoms with E-state index >= 15 is 0 Å². The van der Waals surface area contributed by atoms with Crippen molar-refractivity contribution in [1.29, 1.82) is 0 Å². The quantitative estimate of drug-likeness (QED) is 0.297. The lowest BCUT2D eigenvalue weighted by molar-refractivity contribution is -0.384. The highest BCUT2D eigenvalue weighted by Crippen LogP contribution is 2.29. The fourth-order valence-electron chi connectivity index (χ4n) is 3.13. The topological polar surface area (TPSA) is 136 Å². The van der Waals surface area contributed by atoms with Gasteiger partial charge in [0, 0.05) is 30.4 Å². The summed E-state index contributed by atoms with van der Waals surface area (Å²) in [7, 11) is -3.90. The van der Waals surface area contributed by atoms with Crippen LogP contribution >= 0.6 is 11.6 Å². The molecule has 0 aliphatic carbocycles. The Morgan fingerprint density at radius 2 is 1.91 bits per heavy atom. The van der Waals surface area contributed by atoms with Gasteiger partial charge in [-0.1, -0.05) is 25.4 Å². The van der Waals surface area contributed by atoms with E-state index in [1.165, 1.54) is 47.0 Å². The van der Waals surface area contributed by atoms with Gasteiger partial charge in [0.2, 0.25) is 10.0 Å². The summed E-state index contributed by atoms with van der Waals surface area (Å²) >= 11 is 5.89. The molecule has 0 spiro atoms. The highest BCUT2D eigenvalue weighted by atomic mass is 35.5. The van der Waals surface area contributed by atoms with E-state index in [-0.39, 0.29) is 45.6 Å². The van der Waals surface area contributed by atoms with E-state index in [0.717, 1.165) is 10.7 Å². The van der Waals surface area contributed by atoms with Gasteiger partial charge in [-0.25, -0.2) is 13.1 Å². The maximum absolute atomic E-state index is 12.7. The molecule has 0 saturated heterocycles. The molecular formula is C20H19ClN4O6S. The maximum atomic E-state index is 12.7. The number of nitro groups is 1. The SMILES string of the molecule is CCN(CC)S(=O)(=O)c1ccc(-n2cc(C(=O)c3cc(Cl)ccc3O)cn2)c([N+](=O)[O-])c1. The third-order valence-corrected chi connectivity index (χ3v) is 7.06. The second-order valence-electron chi connectivity index (χ2n) is 6.66. The van der Waals surface area contributed by atoms with Crippen LogP contribution < -0.4 is 0 Å². The Bertz CT molecular complexity index is 1300. The number of aromatic nitrogens is 2. The minimum Gasteiger partial charge on any atom is -0.507 e. The number of hydrogen-bond acceptors (Lipinski definition) is 7. The highest BCUT2D eigenvalue weighted by molar-refractivity contribution is 7.89. The van der Waals surface area contributed by atoms with Crippen LogP contribution in [0, 0.1) is 10.1 Å². The molecule has 1 aromatic heterocycles. The molecule has 0 bridgehead atoms. The molecule has 3 rings (SSSR count). The van der Waals surface area contributed by atoms with E-state index in [4.69, 9.17) is 11.6 Å². The van der Waals surface area contributed by atoms with Crippen LogP contribution in [-0.2, 0) is 10.0 Å². The van der Waals surface area contributed by atoms with Crippen LogP contribution in [0.25, 0.3) is 5.69 Å². The van der Waals surface area contributed by atoms with Crippen LogP contribution in [0.4, 0.5) is 5.69 Å². The molecule has 0 saturated carbocycles. The van der Waals surface area contributed by atoms with Gasteiger partial charge in [0.15, 0.2) is 5.78 Å². The smallest absolute Gasteiger partial charge is 0.296 e. The van der Waals surface area contributed by atoms with Gasteiger partial charge in [0.25, 0.3) is 5.69 Å². The summed E-state index contributed by atoms with van der Waals surface area (Å²) in [6.07, 6.45) is 2.44. The Kier molecular flexibility index (Phi) is 6.63. The van der Waals surface area contributed by atoms with Crippen LogP contribution in [0.1, 0.15) is 29.8 Å². The minimum absolute atomic E-state index is 0.0251. The summed E-state index contributed by atoms with van der Waals surface area (Å²) in [5, 5.41) is 25.9. The first-order valence-electron chi connectivity index (χ1n) is 9.47. The zero-order chi connectivity index (χ0) is 23.6. The Morgan fingerprint density at radius 3 is 2.53 bits per heavy atom. The van der Waals surface area contributed by atoms with Crippen molar-refractivity contribution in [3.8, 4) is 11.4 Å². The molecule has 0 unspecified atom stereocenters. The highest BCUT2D eigenvalue weighted by Gasteiger charge is 2.27. The zero-order valence-electron chi connectivity index (χ0n) is 17.1. The van der Waals surface area contributed by atoms with Crippen LogP contribution in [0.3, 0.4) is 0 Å². The van der Waals surface area contributed by atoms with Crippen molar-refractivity contribution >= 4 is 33.1 Å². The van der Waals surface area contributed by atoms with Crippen molar-refractivity contribution in [3.05, 3.63) is 75.1 Å². The molecule has 32 heavy (non-hydrogen) atoms. The minimum atomic E-state index is -3.90. The molecular weight excluding hydrogens is 460 g/mol. The molecule has 10 nitrogen and oxygen atoms in total. The molecule has 0 atom stereocenters. The number of benzene rings is 2. The summed E-state index contributed by atoms with van der Waals surface area (Å²) in [6, 6.07) is 7.48. The summed E-state index contributed by atoms with van der Waals surface area (Å²) in [4.78, 5) is 23.4. The van der Waals surface area contributed by atoms with E-state index < -0.39 is 26.4 Å². The summed E-state index contributed by atoms with van der Waals surface area (Å²) in [6.45, 7) is 3.78. The average molecular weight is 479 g/mol. The third kappa shape index (κ3) is 4.35. The Hall–Kier alpha value is -3.28. The van der Waals surface area contributed by atoms with Crippen molar-refractivity contribution in [2.45, 2.75) is 18.7 Å². The van der Waals surface area contributed by atoms with E-state index in [0.29, 0.717) is 0 Å². The molecule has 168 valence electrons. The molecule has 2 aromatic carbocycles. The lowest BCUT2D eigenvalue weighted by atomic mass is 10.1. The van der Waals surface area contributed by atoms with Crippen LogP contribution in [-0.4, -0.2) is 51.4 Å². The van der Waals surface area contributed by atoms with Gasteiger partial charge in [0.1, 0.15) is 11.4 Å². The van der Waals surface area contributed by atoms with Gasteiger partial charge in [-0.15, -0.1) is 0 Å². The predicted molar refractivity (Wildman–Crippen MR) is 117 cm³/mol. The largest absolute Gasteiger partial charge is 0.507 e. The Morgan fingerprint density at radius 1 is 1.22 bits per heavy atom. The van der Waals surface area contributed by atoms with E-state index in [2.05, 4.69) is 5.10 Å². The van der Waals surface area contributed by atoms with Crippen LogP contribution in [0.15, 0.2) is 53.7 Å². The number of rotatable bonds is 8. The molecule has 0 aliphatic heterocycles. The summed E-state index contributed by atoms with van der Waals surface area (Å²) in [5.74, 6) is -0.858. The number of halogens is 1. The van der Waals surface area contributed by atoms with Gasteiger partial charge < -0.3 is 5.11 Å². The van der Waals surface area contributed by atoms with Crippen molar-refractivity contribution in [2.75, 3.05) is 13.1 Å². The van der Waals surface area contributed by atoms with Crippen LogP contribution in [0.2, 0.25) is 5.02 Å². The molecule has 0 amide bonds. The normalized spacial score (nSPS) is 11.6. The van der Waals surface area contributed by atoms with Gasteiger partial charge in [0.05, 0.1) is 27.1 Å². The number of nitrogens with zero attached hydrogens (tertiary/aromatic N) is 4. The molecule has 0 fully saturated rings. The lowest BCUT2D eigenvalue weighted by Gasteiger charge is -2.18. The van der Waals surface area contributed by atoms with E-state index in [9.17, 15) is 28.4 Å². The number of hydrogen-bond donors (Lipinski definition) is 1. The van der Waals surface area contributed by atoms with Crippen LogP contribution in [0.5, 0.6) is 5.75 Å². The van der Waals surface area contributed by atoms with Gasteiger partial charge in [-0.05, 0) is 30.3 Å². The van der Waals surface area contributed by atoms with Crippen molar-refractivity contribution in [1.82, 2.24) is 14.1 Å². The number of aromatic hydroxyl groups is 1. The number of phenols is 1. The van der Waals surface area contributed by atoms with E-state index in [1.54, 1.807) is 13.8 Å². The summed E-state index contributed by atoms with van der Waals surface area (Å²) in [5.41, 5.74) is -0.516. The number of carbonyl (C=O) groups excluding carboxylic acids is 1. The maximum Gasteiger partial charge on any atom is 0.296 e. The molecule has 1 N–H and O–H groups in total. The van der Waals surface area contributed by atoms with Crippen molar-refractivity contribution in [2.24, 2.45) is 0 Å². The Labute approximate surface area is 188 Å². The Balaban J connectivity index is 2.04.